The van der Waals surface area contributed by atoms with Crippen molar-refractivity contribution in [3.8, 4) is 0 Å². The molecule has 1 aromatic heterocycles. The van der Waals surface area contributed by atoms with Gasteiger partial charge < -0.3 is 10.0 Å². The summed E-state index contributed by atoms with van der Waals surface area (Å²) in [6.45, 7) is -0.0154. The number of nitrogens with zero attached hydrogens (tertiary/aromatic N) is 3. The third-order valence-corrected chi connectivity index (χ3v) is 5.32. The minimum absolute atomic E-state index is 0.137. The van der Waals surface area contributed by atoms with Crippen molar-refractivity contribution in [1.29, 1.82) is 0 Å². The normalized spacial score (nSPS) is 22.9. The van der Waals surface area contributed by atoms with Gasteiger partial charge in [0.15, 0.2) is 0 Å². The van der Waals surface area contributed by atoms with Gasteiger partial charge in [0.05, 0.1) is 17.7 Å². The van der Waals surface area contributed by atoms with E-state index in [4.69, 9.17) is 0 Å². The molecule has 136 valence electrons. The molecule has 0 spiro atoms. The number of pyridine rings is 1. The zero-order valence-corrected chi connectivity index (χ0v) is 14.0. The number of piperidine rings is 1. The minimum Gasteiger partial charge on any atom is -0.390 e. The van der Waals surface area contributed by atoms with Crippen LogP contribution in [0.4, 0.5) is 19.0 Å². The van der Waals surface area contributed by atoms with Crippen molar-refractivity contribution in [2.75, 3.05) is 32.1 Å². The van der Waals surface area contributed by atoms with Crippen molar-refractivity contribution in [2.45, 2.75) is 24.7 Å². The molecule has 0 saturated carbocycles. The molecule has 2 N–H and O–H groups in total. The molecule has 0 unspecified atom stereocenters. The number of aromatic nitrogens is 1. The van der Waals surface area contributed by atoms with Gasteiger partial charge in [-0.15, -0.1) is 0 Å². The van der Waals surface area contributed by atoms with Crippen LogP contribution in [0.15, 0.2) is 18.3 Å². The second-order valence-electron chi connectivity index (χ2n) is 5.69. The Balaban J connectivity index is 2.15. The standard InChI is InChI=1S/C13H19F3N4O3S/c1-19(2)24(22,23)18-10-5-7-20(8-11(10)21)12-9(13(14,15)16)4-3-6-17-12/h3-4,6,10-11,18,21H,5,7-8H2,1-2H3/t10-,11-/m1/s1. The lowest BCUT2D eigenvalue weighted by molar-refractivity contribution is -0.137. The molecule has 7 nitrogen and oxygen atoms in total. The van der Waals surface area contributed by atoms with E-state index in [0.29, 0.717) is 0 Å². The lowest BCUT2D eigenvalue weighted by Gasteiger charge is -2.37. The maximum absolute atomic E-state index is 13.1. The predicted molar refractivity (Wildman–Crippen MR) is 81.6 cm³/mol. The number of hydrogen-bond donors (Lipinski definition) is 2. The zero-order valence-electron chi connectivity index (χ0n) is 13.2. The van der Waals surface area contributed by atoms with E-state index in [2.05, 4.69) is 9.71 Å². The highest BCUT2D eigenvalue weighted by atomic mass is 32.2. The third-order valence-electron chi connectivity index (χ3n) is 3.75. The third kappa shape index (κ3) is 4.15. The summed E-state index contributed by atoms with van der Waals surface area (Å²) in [6, 6.07) is 1.35. The van der Waals surface area contributed by atoms with Crippen LogP contribution in [0, 0.1) is 0 Å². The molecule has 24 heavy (non-hydrogen) atoms. The van der Waals surface area contributed by atoms with E-state index in [-0.39, 0.29) is 25.3 Å². The van der Waals surface area contributed by atoms with Gasteiger partial charge in [-0.2, -0.15) is 30.6 Å². The van der Waals surface area contributed by atoms with Crippen molar-refractivity contribution >= 4 is 16.0 Å². The first-order valence-electron chi connectivity index (χ1n) is 7.17. The van der Waals surface area contributed by atoms with Crippen LogP contribution in [-0.2, 0) is 16.4 Å². The molecule has 1 aromatic rings. The van der Waals surface area contributed by atoms with E-state index >= 15 is 0 Å². The number of nitrogens with one attached hydrogen (secondary N) is 1. The molecule has 2 heterocycles. The molecule has 0 bridgehead atoms. The molecular weight excluding hydrogens is 349 g/mol. The Morgan fingerprint density at radius 3 is 2.62 bits per heavy atom. The predicted octanol–water partition coefficient (Wildman–Crippen LogP) is 0.436. The van der Waals surface area contributed by atoms with Crippen LogP contribution >= 0.6 is 0 Å². The second-order valence-corrected chi connectivity index (χ2v) is 7.60. The Bertz CT molecular complexity index is 681. The first kappa shape index (κ1) is 18.9. The number of anilines is 1. The highest BCUT2D eigenvalue weighted by molar-refractivity contribution is 7.87. The summed E-state index contributed by atoms with van der Waals surface area (Å²) in [6.07, 6.45) is -4.31. The van der Waals surface area contributed by atoms with Crippen LogP contribution in [0.2, 0.25) is 0 Å². The maximum atomic E-state index is 13.1. The summed E-state index contributed by atoms with van der Waals surface area (Å²) in [4.78, 5) is 5.09. The Labute approximate surface area is 138 Å². The Morgan fingerprint density at radius 2 is 2.08 bits per heavy atom. The Hall–Kier alpha value is -1.43. The topological polar surface area (TPSA) is 85.8 Å². The van der Waals surface area contributed by atoms with Gasteiger partial charge in [0.1, 0.15) is 5.82 Å². The van der Waals surface area contributed by atoms with Crippen molar-refractivity contribution in [2.24, 2.45) is 0 Å². The quantitative estimate of drug-likeness (QED) is 0.805. The largest absolute Gasteiger partial charge is 0.419 e. The smallest absolute Gasteiger partial charge is 0.390 e. The Kier molecular flexibility index (Phi) is 5.37. The van der Waals surface area contributed by atoms with E-state index in [1.165, 1.54) is 31.3 Å². The number of hydrogen-bond acceptors (Lipinski definition) is 5. The zero-order chi connectivity index (χ0) is 18.1. The van der Waals surface area contributed by atoms with Gasteiger partial charge in [0.25, 0.3) is 10.2 Å². The summed E-state index contributed by atoms with van der Waals surface area (Å²) in [7, 11) is -1.05. The molecule has 2 atom stereocenters. The summed E-state index contributed by atoms with van der Waals surface area (Å²) in [5, 5.41) is 10.1. The summed E-state index contributed by atoms with van der Waals surface area (Å²) >= 11 is 0. The average Bonchev–Trinajstić information content (AvgIpc) is 2.48. The lowest BCUT2D eigenvalue weighted by atomic mass is 10.0. The molecule has 0 aliphatic carbocycles. The van der Waals surface area contributed by atoms with E-state index < -0.39 is 34.1 Å². The van der Waals surface area contributed by atoms with Gasteiger partial charge in [0, 0.05) is 33.4 Å². The highest BCUT2D eigenvalue weighted by Gasteiger charge is 2.38. The molecule has 0 radical (unpaired) electrons. The fraction of sp³-hybridized carbons (Fsp3) is 0.615. The van der Waals surface area contributed by atoms with Crippen molar-refractivity contribution in [3.63, 3.8) is 0 Å². The van der Waals surface area contributed by atoms with Crippen LogP contribution in [0.5, 0.6) is 0 Å². The molecular formula is C13H19F3N4O3S. The van der Waals surface area contributed by atoms with E-state index in [1.54, 1.807) is 0 Å². The van der Waals surface area contributed by atoms with Crippen LogP contribution in [0.3, 0.4) is 0 Å². The molecule has 0 amide bonds. The number of β-amino-alcohol motifs (C(OH)–C–C–N with tert-alkyl or cyclic N) is 1. The Morgan fingerprint density at radius 1 is 1.42 bits per heavy atom. The average molecular weight is 368 g/mol. The molecule has 1 saturated heterocycles. The van der Waals surface area contributed by atoms with Gasteiger partial charge >= 0.3 is 6.18 Å². The molecule has 1 aliphatic heterocycles. The SMILES string of the molecule is CN(C)S(=O)(=O)N[C@@H]1CCN(c2ncccc2C(F)(F)F)C[C@H]1O. The fourth-order valence-electron chi connectivity index (χ4n) is 2.43. The number of alkyl halides is 3. The van der Waals surface area contributed by atoms with Crippen LogP contribution in [0.25, 0.3) is 0 Å². The molecule has 1 aliphatic rings. The van der Waals surface area contributed by atoms with Crippen LogP contribution in [-0.4, -0.2) is 62.1 Å². The van der Waals surface area contributed by atoms with E-state index in [0.717, 1.165) is 10.4 Å². The first-order valence-corrected chi connectivity index (χ1v) is 8.61. The van der Waals surface area contributed by atoms with E-state index in [9.17, 15) is 26.7 Å². The van der Waals surface area contributed by atoms with Crippen molar-refractivity contribution in [3.05, 3.63) is 23.9 Å². The summed E-state index contributed by atoms with van der Waals surface area (Å²) < 4.78 is 66.1. The molecule has 0 aromatic carbocycles. The molecule has 2 rings (SSSR count). The highest BCUT2D eigenvalue weighted by Crippen LogP contribution is 2.35. The number of rotatable bonds is 4. The molecule has 11 heteroatoms. The number of aliphatic hydroxyl groups is 1. The van der Waals surface area contributed by atoms with Crippen molar-refractivity contribution < 1.29 is 26.7 Å². The van der Waals surface area contributed by atoms with Gasteiger partial charge in [-0.25, -0.2) is 4.98 Å². The van der Waals surface area contributed by atoms with Gasteiger partial charge in [-0.05, 0) is 18.6 Å². The van der Waals surface area contributed by atoms with E-state index in [1.807, 2.05) is 0 Å². The lowest BCUT2D eigenvalue weighted by Crippen LogP contribution is -2.56. The monoisotopic (exact) mass is 368 g/mol. The van der Waals surface area contributed by atoms with Gasteiger partial charge in [-0.1, -0.05) is 0 Å². The second kappa shape index (κ2) is 6.82. The fourth-order valence-corrected chi connectivity index (χ4v) is 3.30. The minimum atomic E-state index is -4.56. The van der Waals surface area contributed by atoms with Crippen molar-refractivity contribution in [1.82, 2.24) is 14.0 Å². The first-order chi connectivity index (χ1) is 11.0. The summed E-state index contributed by atoms with van der Waals surface area (Å²) in [5.41, 5.74) is -0.885. The number of aliphatic hydroxyl groups excluding tert-OH is 1. The summed E-state index contributed by atoms with van der Waals surface area (Å²) in [5.74, 6) is -0.266. The maximum Gasteiger partial charge on any atom is 0.419 e. The number of halogens is 3. The van der Waals surface area contributed by atoms with Crippen LogP contribution < -0.4 is 9.62 Å². The van der Waals surface area contributed by atoms with Gasteiger partial charge in [-0.3, -0.25) is 0 Å². The van der Waals surface area contributed by atoms with Gasteiger partial charge in [0.2, 0.25) is 0 Å². The van der Waals surface area contributed by atoms with Crippen LogP contribution in [0.1, 0.15) is 12.0 Å². The molecule has 1 fully saturated rings.